The average molecular weight is 219 g/mol. The molecule has 1 aliphatic carbocycles. The molecule has 0 saturated heterocycles. The minimum atomic E-state index is -0.417. The van der Waals surface area contributed by atoms with Gasteiger partial charge in [-0.05, 0) is 25.7 Å². The van der Waals surface area contributed by atoms with Crippen LogP contribution in [0.2, 0.25) is 0 Å². The number of imide groups is 1. The molecule has 80 valence electrons. The van der Waals surface area contributed by atoms with E-state index in [0.717, 1.165) is 12.8 Å². The Labute approximate surface area is 88.4 Å². The zero-order chi connectivity index (χ0) is 10.6. The molecule has 1 aliphatic rings. The summed E-state index contributed by atoms with van der Waals surface area (Å²) in [5.74, 6) is 0.487. The van der Waals surface area contributed by atoms with E-state index in [1.807, 2.05) is 6.92 Å². The minimum absolute atomic E-state index is 0.152. The van der Waals surface area contributed by atoms with Crippen molar-refractivity contribution in [3.63, 3.8) is 0 Å². The fourth-order valence-corrected chi connectivity index (χ4v) is 1.40. The third kappa shape index (κ3) is 3.96. The molecule has 14 heavy (non-hydrogen) atoms. The van der Waals surface area contributed by atoms with Gasteiger partial charge in [0.05, 0.1) is 0 Å². The summed E-state index contributed by atoms with van der Waals surface area (Å²) in [5.41, 5.74) is 0. The Bertz CT molecular complexity index is 229. The molecule has 0 bridgehead atoms. The number of hydrogen-bond acceptors (Lipinski definition) is 2. The molecule has 0 radical (unpaired) electrons. The number of carbonyl (C=O) groups excluding carboxylic acids is 2. The Morgan fingerprint density at radius 2 is 2.14 bits per heavy atom. The van der Waals surface area contributed by atoms with E-state index < -0.39 is 6.03 Å². The van der Waals surface area contributed by atoms with Crippen molar-refractivity contribution < 1.29 is 9.59 Å². The highest BCUT2D eigenvalue weighted by atomic mass is 35.5. The molecule has 1 atom stereocenters. The highest BCUT2D eigenvalue weighted by molar-refractivity contribution is 6.19. The van der Waals surface area contributed by atoms with Crippen LogP contribution in [0, 0.1) is 5.92 Å². The maximum absolute atomic E-state index is 11.2. The van der Waals surface area contributed by atoms with Crippen LogP contribution in [0.1, 0.15) is 26.2 Å². The molecule has 0 aromatic rings. The van der Waals surface area contributed by atoms with Crippen LogP contribution in [0.3, 0.4) is 0 Å². The van der Waals surface area contributed by atoms with Gasteiger partial charge >= 0.3 is 6.03 Å². The van der Waals surface area contributed by atoms with Crippen molar-refractivity contribution >= 4 is 23.5 Å². The highest BCUT2D eigenvalue weighted by Crippen LogP contribution is 2.32. The van der Waals surface area contributed by atoms with Crippen molar-refractivity contribution in [2.24, 2.45) is 5.92 Å². The molecule has 5 heteroatoms. The number of carbonyl (C=O) groups is 2. The Morgan fingerprint density at radius 3 is 2.64 bits per heavy atom. The van der Waals surface area contributed by atoms with Crippen LogP contribution in [-0.4, -0.2) is 23.9 Å². The topological polar surface area (TPSA) is 58.2 Å². The summed E-state index contributed by atoms with van der Waals surface area (Å²) in [6, 6.07) is -0.265. The molecule has 3 amide bonds. The summed E-state index contributed by atoms with van der Waals surface area (Å²) in [4.78, 5) is 22.1. The number of halogens is 1. The number of hydrogen-bond donors (Lipinski definition) is 2. The maximum Gasteiger partial charge on any atom is 0.321 e. The lowest BCUT2D eigenvalue weighted by atomic mass is 10.2. The van der Waals surface area contributed by atoms with Crippen molar-refractivity contribution in [1.82, 2.24) is 10.6 Å². The Morgan fingerprint density at radius 1 is 1.50 bits per heavy atom. The van der Waals surface area contributed by atoms with Gasteiger partial charge in [-0.15, -0.1) is 11.6 Å². The number of alkyl halides is 1. The van der Waals surface area contributed by atoms with Gasteiger partial charge in [-0.25, -0.2) is 4.79 Å². The molecule has 0 aliphatic heterocycles. The highest BCUT2D eigenvalue weighted by Gasteiger charge is 2.28. The molecule has 0 aromatic heterocycles. The fourth-order valence-electron chi connectivity index (χ4n) is 1.23. The van der Waals surface area contributed by atoms with Gasteiger partial charge in [0.2, 0.25) is 5.91 Å². The second kappa shape index (κ2) is 5.20. The molecular formula is C9H15ClN2O2. The van der Waals surface area contributed by atoms with Gasteiger partial charge in [-0.3, -0.25) is 10.1 Å². The molecule has 0 aromatic carbocycles. The normalized spacial score (nSPS) is 17.3. The van der Waals surface area contributed by atoms with Crippen LogP contribution in [0.15, 0.2) is 0 Å². The van der Waals surface area contributed by atoms with E-state index >= 15 is 0 Å². The number of nitrogens with one attached hydrogen (secondary N) is 2. The summed E-state index contributed by atoms with van der Waals surface area (Å²) in [6.07, 6.45) is 2.50. The van der Waals surface area contributed by atoms with Crippen molar-refractivity contribution in [2.75, 3.05) is 5.88 Å². The lowest BCUT2D eigenvalue weighted by molar-refractivity contribution is -0.119. The second-order valence-corrected chi connectivity index (χ2v) is 3.96. The zero-order valence-electron chi connectivity index (χ0n) is 8.18. The molecule has 0 heterocycles. The Hall–Kier alpha value is -0.770. The predicted molar refractivity (Wildman–Crippen MR) is 54.2 cm³/mol. The molecule has 2 N–H and O–H groups in total. The Kier molecular flexibility index (Phi) is 4.20. The first-order valence-corrected chi connectivity index (χ1v) is 5.33. The molecule has 0 spiro atoms. The third-order valence-corrected chi connectivity index (χ3v) is 2.45. The van der Waals surface area contributed by atoms with Gasteiger partial charge in [0, 0.05) is 18.3 Å². The van der Waals surface area contributed by atoms with Gasteiger partial charge in [-0.2, -0.15) is 0 Å². The summed E-state index contributed by atoms with van der Waals surface area (Å²) >= 11 is 5.35. The van der Waals surface area contributed by atoms with E-state index in [4.69, 9.17) is 11.6 Å². The summed E-state index contributed by atoms with van der Waals surface area (Å²) < 4.78 is 0. The smallest absolute Gasteiger partial charge is 0.321 e. The predicted octanol–water partition coefficient (Wildman–Crippen LogP) is 1.24. The first-order valence-electron chi connectivity index (χ1n) is 4.79. The molecule has 1 fully saturated rings. The van der Waals surface area contributed by atoms with Crippen molar-refractivity contribution in [3.05, 3.63) is 0 Å². The SMILES string of the molecule is CC(NC(=O)NC(=O)CCCl)C1CC1. The number of urea groups is 1. The van der Waals surface area contributed by atoms with E-state index in [9.17, 15) is 9.59 Å². The molecule has 1 unspecified atom stereocenters. The molecule has 1 saturated carbocycles. The Balaban J connectivity index is 2.17. The lowest BCUT2D eigenvalue weighted by Gasteiger charge is -2.12. The zero-order valence-corrected chi connectivity index (χ0v) is 8.93. The molecule has 4 nitrogen and oxygen atoms in total. The van der Waals surface area contributed by atoms with Gasteiger partial charge < -0.3 is 5.32 Å². The maximum atomic E-state index is 11.2. The van der Waals surface area contributed by atoms with Crippen LogP contribution in [0.5, 0.6) is 0 Å². The molecular weight excluding hydrogens is 204 g/mol. The second-order valence-electron chi connectivity index (χ2n) is 3.59. The minimum Gasteiger partial charge on any atom is -0.335 e. The number of rotatable bonds is 4. The number of amides is 3. The summed E-state index contributed by atoms with van der Waals surface area (Å²) in [5, 5.41) is 4.94. The molecule has 1 rings (SSSR count). The van der Waals surface area contributed by atoms with Gasteiger partial charge in [0.15, 0.2) is 0 Å². The van der Waals surface area contributed by atoms with Crippen molar-refractivity contribution in [3.8, 4) is 0 Å². The van der Waals surface area contributed by atoms with Crippen LogP contribution >= 0.6 is 11.6 Å². The van der Waals surface area contributed by atoms with Crippen LogP contribution in [0.25, 0.3) is 0 Å². The van der Waals surface area contributed by atoms with E-state index in [2.05, 4.69) is 10.6 Å². The van der Waals surface area contributed by atoms with Crippen LogP contribution < -0.4 is 10.6 Å². The van der Waals surface area contributed by atoms with E-state index in [-0.39, 0.29) is 24.2 Å². The lowest BCUT2D eigenvalue weighted by Crippen LogP contribution is -2.44. The van der Waals surface area contributed by atoms with Crippen molar-refractivity contribution in [2.45, 2.75) is 32.2 Å². The van der Waals surface area contributed by atoms with Crippen LogP contribution in [0.4, 0.5) is 4.79 Å². The first kappa shape index (κ1) is 11.3. The van der Waals surface area contributed by atoms with Gasteiger partial charge in [-0.1, -0.05) is 0 Å². The fraction of sp³-hybridized carbons (Fsp3) is 0.778. The average Bonchev–Trinajstić information content (AvgIpc) is 2.85. The quantitative estimate of drug-likeness (QED) is 0.698. The van der Waals surface area contributed by atoms with Crippen LogP contribution in [-0.2, 0) is 4.79 Å². The largest absolute Gasteiger partial charge is 0.335 e. The van der Waals surface area contributed by atoms with E-state index in [1.54, 1.807) is 0 Å². The van der Waals surface area contributed by atoms with E-state index in [0.29, 0.717) is 5.92 Å². The van der Waals surface area contributed by atoms with Gasteiger partial charge in [0.1, 0.15) is 0 Å². The van der Waals surface area contributed by atoms with Gasteiger partial charge in [0.25, 0.3) is 0 Å². The summed E-state index contributed by atoms with van der Waals surface area (Å²) in [7, 11) is 0. The third-order valence-electron chi connectivity index (χ3n) is 2.26. The first-order chi connectivity index (χ1) is 6.63. The van der Waals surface area contributed by atoms with Crippen molar-refractivity contribution in [1.29, 1.82) is 0 Å². The van der Waals surface area contributed by atoms with E-state index in [1.165, 1.54) is 0 Å². The monoisotopic (exact) mass is 218 g/mol. The summed E-state index contributed by atoms with van der Waals surface area (Å²) in [6.45, 7) is 1.95. The standard InChI is InChI=1S/C9H15ClN2O2/c1-6(7-2-3-7)11-9(14)12-8(13)4-5-10/h6-7H,2-5H2,1H3,(H2,11,12,13,14).